The molecular weight excluding hydrogens is 338 g/mol. The number of carbonyl (C=O) groups is 3. The third-order valence-corrected chi connectivity index (χ3v) is 3.67. The molecule has 0 saturated carbocycles. The Labute approximate surface area is 150 Å². The minimum absolute atomic E-state index is 0.161. The molecule has 1 aromatic carbocycles. The molecule has 26 heavy (non-hydrogen) atoms. The lowest BCUT2D eigenvalue weighted by Crippen LogP contribution is -2.49. The predicted molar refractivity (Wildman–Crippen MR) is 95.8 cm³/mol. The molecule has 0 bridgehead atoms. The summed E-state index contributed by atoms with van der Waals surface area (Å²) in [5.74, 6) is -1.58. The Kier molecular flexibility index (Phi) is 6.60. The van der Waals surface area contributed by atoms with Crippen molar-refractivity contribution in [2.45, 2.75) is 26.3 Å². The molecule has 0 aliphatic heterocycles. The van der Waals surface area contributed by atoms with E-state index in [0.717, 1.165) is 16.5 Å². The first-order valence-corrected chi connectivity index (χ1v) is 8.34. The number of carboxylic acids is 1. The SMILES string of the molecule is CC(C)COC(=O)N[C@@H](Cc1c[nH]c2ccccc12)C(=O)NCC(=O)O. The number of alkyl carbamates (subject to hydrolysis) is 1. The number of H-pyrrole nitrogens is 1. The van der Waals surface area contributed by atoms with Crippen LogP contribution in [0.25, 0.3) is 10.9 Å². The molecule has 140 valence electrons. The molecule has 0 spiro atoms. The second-order valence-electron chi connectivity index (χ2n) is 6.36. The Morgan fingerprint density at radius 2 is 1.96 bits per heavy atom. The molecule has 8 nitrogen and oxygen atoms in total. The number of carboxylic acid groups (broad SMARTS) is 1. The molecule has 4 N–H and O–H groups in total. The number of para-hydroxylation sites is 1. The van der Waals surface area contributed by atoms with Gasteiger partial charge in [0.15, 0.2) is 0 Å². The summed E-state index contributed by atoms with van der Waals surface area (Å²) in [6, 6.07) is 6.63. The summed E-state index contributed by atoms with van der Waals surface area (Å²) in [7, 11) is 0. The number of amides is 2. The van der Waals surface area contributed by atoms with Gasteiger partial charge in [-0.1, -0.05) is 32.0 Å². The average molecular weight is 361 g/mol. The van der Waals surface area contributed by atoms with Gasteiger partial charge in [-0.3, -0.25) is 9.59 Å². The highest BCUT2D eigenvalue weighted by Gasteiger charge is 2.23. The highest BCUT2D eigenvalue weighted by atomic mass is 16.5. The zero-order valence-electron chi connectivity index (χ0n) is 14.7. The van der Waals surface area contributed by atoms with E-state index in [0.29, 0.717) is 0 Å². The lowest BCUT2D eigenvalue weighted by Gasteiger charge is -2.18. The van der Waals surface area contributed by atoms with Crippen LogP contribution < -0.4 is 10.6 Å². The molecule has 0 aliphatic rings. The van der Waals surface area contributed by atoms with Gasteiger partial charge in [-0.25, -0.2) is 4.79 Å². The molecule has 1 heterocycles. The van der Waals surface area contributed by atoms with Crippen LogP contribution in [0.3, 0.4) is 0 Å². The Bertz CT molecular complexity index is 784. The largest absolute Gasteiger partial charge is 0.480 e. The summed E-state index contributed by atoms with van der Waals surface area (Å²) in [5.41, 5.74) is 1.75. The van der Waals surface area contributed by atoms with Crippen LogP contribution in [0, 0.1) is 5.92 Å². The van der Waals surface area contributed by atoms with Gasteiger partial charge in [0.1, 0.15) is 12.6 Å². The quantitative estimate of drug-likeness (QED) is 0.570. The minimum atomic E-state index is -1.16. The molecule has 0 fully saturated rings. The minimum Gasteiger partial charge on any atom is -0.480 e. The number of aliphatic carboxylic acids is 1. The molecule has 1 atom stereocenters. The summed E-state index contributed by atoms with van der Waals surface area (Å²) in [6.45, 7) is 3.50. The van der Waals surface area contributed by atoms with Gasteiger partial charge < -0.3 is 25.5 Å². The Morgan fingerprint density at radius 3 is 2.65 bits per heavy atom. The van der Waals surface area contributed by atoms with Crippen molar-refractivity contribution in [3.05, 3.63) is 36.0 Å². The number of nitrogens with one attached hydrogen (secondary N) is 3. The Balaban J connectivity index is 2.12. The topological polar surface area (TPSA) is 121 Å². The number of fused-ring (bicyclic) bond motifs is 1. The summed E-state index contributed by atoms with van der Waals surface area (Å²) in [4.78, 5) is 38.1. The molecule has 0 aliphatic carbocycles. The lowest BCUT2D eigenvalue weighted by atomic mass is 10.0. The van der Waals surface area contributed by atoms with Crippen LogP contribution in [0.5, 0.6) is 0 Å². The maximum Gasteiger partial charge on any atom is 0.407 e. The maximum absolute atomic E-state index is 12.3. The first-order valence-electron chi connectivity index (χ1n) is 8.34. The number of rotatable bonds is 8. The second kappa shape index (κ2) is 8.89. The van der Waals surface area contributed by atoms with Crippen LogP contribution in [-0.4, -0.2) is 47.3 Å². The fourth-order valence-electron chi connectivity index (χ4n) is 2.44. The Morgan fingerprint density at radius 1 is 1.23 bits per heavy atom. The summed E-state index contributed by atoms with van der Waals surface area (Å²) in [5, 5.41) is 14.5. The van der Waals surface area contributed by atoms with Crippen molar-refractivity contribution in [3.63, 3.8) is 0 Å². The molecule has 8 heteroatoms. The van der Waals surface area contributed by atoms with E-state index in [1.54, 1.807) is 6.20 Å². The third-order valence-electron chi connectivity index (χ3n) is 3.67. The van der Waals surface area contributed by atoms with Crippen molar-refractivity contribution in [3.8, 4) is 0 Å². The van der Waals surface area contributed by atoms with Gasteiger partial charge in [-0.2, -0.15) is 0 Å². The molecule has 1 aromatic heterocycles. The number of hydrogen-bond donors (Lipinski definition) is 4. The molecule has 2 amide bonds. The number of aromatic amines is 1. The van der Waals surface area contributed by atoms with Gasteiger partial charge in [-0.15, -0.1) is 0 Å². The summed E-state index contributed by atoms with van der Waals surface area (Å²) < 4.78 is 5.06. The van der Waals surface area contributed by atoms with Crippen LogP contribution in [0.15, 0.2) is 30.5 Å². The van der Waals surface area contributed by atoms with Gasteiger partial charge in [0.2, 0.25) is 5.91 Å². The van der Waals surface area contributed by atoms with E-state index >= 15 is 0 Å². The zero-order chi connectivity index (χ0) is 19.1. The van der Waals surface area contributed by atoms with E-state index in [2.05, 4.69) is 15.6 Å². The summed E-state index contributed by atoms with van der Waals surface area (Å²) in [6.07, 6.45) is 1.25. The smallest absolute Gasteiger partial charge is 0.407 e. The normalized spacial score (nSPS) is 12.0. The predicted octanol–water partition coefficient (Wildman–Crippen LogP) is 1.66. The van der Waals surface area contributed by atoms with Crippen LogP contribution in [0.4, 0.5) is 4.79 Å². The fraction of sp³-hybridized carbons (Fsp3) is 0.389. The van der Waals surface area contributed by atoms with Crippen molar-refractivity contribution in [1.82, 2.24) is 15.6 Å². The van der Waals surface area contributed by atoms with Crippen molar-refractivity contribution >= 4 is 28.9 Å². The van der Waals surface area contributed by atoms with Crippen molar-refractivity contribution in [1.29, 1.82) is 0 Å². The van der Waals surface area contributed by atoms with E-state index in [9.17, 15) is 14.4 Å². The van der Waals surface area contributed by atoms with Crippen LogP contribution in [-0.2, 0) is 20.7 Å². The van der Waals surface area contributed by atoms with Crippen molar-refractivity contribution < 1.29 is 24.2 Å². The molecule has 0 saturated heterocycles. The zero-order valence-corrected chi connectivity index (χ0v) is 14.7. The van der Waals surface area contributed by atoms with Gasteiger partial charge >= 0.3 is 12.1 Å². The van der Waals surface area contributed by atoms with Gasteiger partial charge in [0.25, 0.3) is 0 Å². The standard InChI is InChI=1S/C18H23N3O5/c1-11(2)10-26-18(25)21-15(17(24)20-9-16(22)23)7-12-8-19-14-6-4-3-5-13(12)14/h3-6,8,11,15,19H,7,9-10H2,1-2H3,(H,20,24)(H,21,25)(H,22,23)/t15-/m0/s1. The van der Waals surface area contributed by atoms with E-state index < -0.39 is 30.6 Å². The number of ether oxygens (including phenoxy) is 1. The monoisotopic (exact) mass is 361 g/mol. The van der Waals surface area contributed by atoms with Gasteiger partial charge in [-0.05, 0) is 17.5 Å². The van der Waals surface area contributed by atoms with Crippen molar-refractivity contribution in [2.75, 3.05) is 13.2 Å². The number of hydrogen-bond acceptors (Lipinski definition) is 4. The third kappa shape index (κ3) is 5.51. The molecule has 2 aromatic rings. The van der Waals surface area contributed by atoms with Crippen LogP contribution in [0.2, 0.25) is 0 Å². The first kappa shape index (κ1) is 19.3. The second-order valence-corrected chi connectivity index (χ2v) is 6.36. The highest BCUT2D eigenvalue weighted by Crippen LogP contribution is 2.19. The molecule has 0 unspecified atom stereocenters. The first-order chi connectivity index (χ1) is 12.4. The summed E-state index contributed by atoms with van der Waals surface area (Å²) >= 11 is 0. The van der Waals surface area contributed by atoms with Gasteiger partial charge in [0, 0.05) is 23.5 Å². The number of aromatic nitrogens is 1. The number of carbonyl (C=O) groups excluding carboxylic acids is 2. The molecular formula is C18H23N3O5. The van der Waals surface area contributed by atoms with E-state index in [-0.39, 0.29) is 18.9 Å². The van der Waals surface area contributed by atoms with E-state index in [4.69, 9.17) is 9.84 Å². The van der Waals surface area contributed by atoms with Gasteiger partial charge in [0.05, 0.1) is 6.61 Å². The fourth-order valence-corrected chi connectivity index (χ4v) is 2.44. The van der Waals surface area contributed by atoms with E-state index in [1.165, 1.54) is 0 Å². The van der Waals surface area contributed by atoms with Crippen molar-refractivity contribution in [2.24, 2.45) is 5.92 Å². The van der Waals surface area contributed by atoms with Crippen LogP contribution in [0.1, 0.15) is 19.4 Å². The Hall–Kier alpha value is -3.03. The average Bonchev–Trinajstić information content (AvgIpc) is 3.00. The van der Waals surface area contributed by atoms with E-state index in [1.807, 2.05) is 38.1 Å². The molecule has 2 rings (SSSR count). The lowest BCUT2D eigenvalue weighted by molar-refractivity contribution is -0.138. The molecule has 0 radical (unpaired) electrons. The maximum atomic E-state index is 12.3. The van der Waals surface area contributed by atoms with Crippen LogP contribution >= 0.6 is 0 Å². The highest BCUT2D eigenvalue weighted by molar-refractivity contribution is 5.89. The number of benzene rings is 1.